The number of hydrogen-bond acceptors (Lipinski definition) is 3. The highest BCUT2D eigenvalue weighted by atomic mass is 35.5. The molecule has 3 N–H and O–H groups in total. The van der Waals surface area contributed by atoms with Gasteiger partial charge in [0.2, 0.25) is 10.0 Å². The van der Waals surface area contributed by atoms with Crippen LogP contribution < -0.4 is 10.5 Å². The molecule has 4 nitrogen and oxygen atoms in total. The maximum Gasteiger partial charge on any atom is 0.240 e. The van der Waals surface area contributed by atoms with E-state index in [1.165, 1.54) is 0 Å². The van der Waals surface area contributed by atoms with E-state index in [2.05, 4.69) is 4.72 Å². The van der Waals surface area contributed by atoms with E-state index in [0.717, 1.165) is 36.5 Å². The number of nitrogens with one attached hydrogen (secondary N) is 1. The molecule has 0 radical (unpaired) electrons. The van der Waals surface area contributed by atoms with Gasteiger partial charge in [-0.1, -0.05) is 43.2 Å². The number of hydrogen-bond donors (Lipinski definition) is 2. The molecular formula is C17H23ClN2O2S. The van der Waals surface area contributed by atoms with Gasteiger partial charge in [-0.2, -0.15) is 0 Å². The molecule has 0 spiro atoms. The van der Waals surface area contributed by atoms with E-state index in [1.54, 1.807) is 12.1 Å². The standard InChI is InChI=1S/C17H22N2O2S.ClH/c18-12-15-7-3-4-8-17(15)19-22(20,21)16-10-9-13-5-1-2-6-14(13)11-16;/h1-2,5-6,9-11,15,17,19H,3-4,7-8,12,18H2;1H. The van der Waals surface area contributed by atoms with Gasteiger partial charge in [-0.25, -0.2) is 13.1 Å². The zero-order valence-electron chi connectivity index (χ0n) is 12.9. The summed E-state index contributed by atoms with van der Waals surface area (Å²) in [5.74, 6) is 0.240. The zero-order chi connectivity index (χ0) is 15.6. The third-order valence-corrected chi connectivity index (χ3v) is 6.04. The first-order chi connectivity index (χ1) is 10.6. The van der Waals surface area contributed by atoms with Crippen molar-refractivity contribution in [3.05, 3.63) is 42.5 Å². The molecule has 0 heterocycles. The Morgan fingerprint density at radius 1 is 1.04 bits per heavy atom. The number of nitrogens with two attached hydrogens (primary N) is 1. The van der Waals surface area contributed by atoms with Crippen molar-refractivity contribution in [1.29, 1.82) is 0 Å². The molecule has 2 unspecified atom stereocenters. The third kappa shape index (κ3) is 4.04. The molecule has 1 aliphatic rings. The lowest BCUT2D eigenvalue weighted by Gasteiger charge is -2.31. The number of sulfonamides is 1. The van der Waals surface area contributed by atoms with E-state index in [1.807, 2.05) is 30.3 Å². The van der Waals surface area contributed by atoms with Gasteiger partial charge in [0.05, 0.1) is 4.90 Å². The fourth-order valence-corrected chi connectivity index (χ4v) is 4.62. The summed E-state index contributed by atoms with van der Waals surface area (Å²) in [4.78, 5) is 0.326. The average Bonchev–Trinajstić information content (AvgIpc) is 2.54. The maximum absolute atomic E-state index is 12.7. The van der Waals surface area contributed by atoms with Crippen molar-refractivity contribution in [1.82, 2.24) is 4.72 Å². The molecule has 1 aliphatic carbocycles. The van der Waals surface area contributed by atoms with Crippen molar-refractivity contribution in [3.63, 3.8) is 0 Å². The van der Waals surface area contributed by atoms with E-state index in [0.29, 0.717) is 11.4 Å². The van der Waals surface area contributed by atoms with E-state index in [-0.39, 0.29) is 24.4 Å². The summed E-state index contributed by atoms with van der Waals surface area (Å²) in [7, 11) is -3.50. The van der Waals surface area contributed by atoms with Crippen LogP contribution in [0.3, 0.4) is 0 Å². The molecular weight excluding hydrogens is 332 g/mol. The fourth-order valence-electron chi connectivity index (χ4n) is 3.25. The second-order valence-corrected chi connectivity index (χ2v) is 7.73. The molecule has 2 atom stereocenters. The Morgan fingerprint density at radius 2 is 1.74 bits per heavy atom. The molecule has 2 aromatic rings. The summed E-state index contributed by atoms with van der Waals surface area (Å²) in [5, 5.41) is 1.98. The minimum absolute atomic E-state index is 0. The average molecular weight is 355 g/mol. The molecule has 0 aliphatic heterocycles. The Bertz CT molecular complexity index is 764. The normalized spacial score (nSPS) is 21.8. The number of benzene rings is 2. The molecule has 0 bridgehead atoms. The van der Waals surface area contributed by atoms with Crippen LogP contribution >= 0.6 is 12.4 Å². The highest BCUT2D eigenvalue weighted by molar-refractivity contribution is 7.89. The van der Waals surface area contributed by atoms with Gasteiger partial charge in [-0.05, 0) is 48.2 Å². The summed E-state index contributed by atoms with van der Waals surface area (Å²) in [5.41, 5.74) is 5.79. The van der Waals surface area contributed by atoms with Crippen LogP contribution in [0.5, 0.6) is 0 Å². The van der Waals surface area contributed by atoms with Crippen molar-refractivity contribution in [3.8, 4) is 0 Å². The van der Waals surface area contributed by atoms with E-state index < -0.39 is 10.0 Å². The van der Waals surface area contributed by atoms with Crippen LogP contribution in [0.4, 0.5) is 0 Å². The Kier molecular flexibility index (Phi) is 6.03. The molecule has 1 fully saturated rings. The van der Waals surface area contributed by atoms with Crippen LogP contribution in [-0.2, 0) is 10.0 Å². The van der Waals surface area contributed by atoms with Crippen molar-refractivity contribution in [2.45, 2.75) is 36.6 Å². The Morgan fingerprint density at radius 3 is 2.48 bits per heavy atom. The largest absolute Gasteiger partial charge is 0.330 e. The first kappa shape index (κ1) is 18.2. The Balaban J connectivity index is 0.00000192. The quantitative estimate of drug-likeness (QED) is 0.886. The second-order valence-electron chi connectivity index (χ2n) is 6.02. The summed E-state index contributed by atoms with van der Waals surface area (Å²) in [6.45, 7) is 0.533. The van der Waals surface area contributed by atoms with Gasteiger partial charge in [-0.15, -0.1) is 12.4 Å². The van der Waals surface area contributed by atoms with E-state index in [9.17, 15) is 8.42 Å². The van der Waals surface area contributed by atoms with Gasteiger partial charge in [0.25, 0.3) is 0 Å². The van der Waals surface area contributed by atoms with Crippen LogP contribution in [0.2, 0.25) is 0 Å². The second kappa shape index (κ2) is 7.62. The molecule has 1 saturated carbocycles. The highest BCUT2D eigenvalue weighted by Crippen LogP contribution is 2.26. The van der Waals surface area contributed by atoms with Gasteiger partial charge in [0.15, 0.2) is 0 Å². The predicted octanol–water partition coefficient (Wildman–Crippen LogP) is 3.06. The van der Waals surface area contributed by atoms with E-state index in [4.69, 9.17) is 5.73 Å². The molecule has 0 amide bonds. The molecule has 3 rings (SSSR count). The molecule has 0 saturated heterocycles. The first-order valence-electron chi connectivity index (χ1n) is 7.81. The summed E-state index contributed by atoms with van der Waals surface area (Å²) in [6, 6.07) is 13.0. The van der Waals surface area contributed by atoms with Gasteiger partial charge < -0.3 is 5.73 Å². The maximum atomic E-state index is 12.7. The fraction of sp³-hybridized carbons (Fsp3) is 0.412. The minimum atomic E-state index is -3.50. The smallest absolute Gasteiger partial charge is 0.240 e. The zero-order valence-corrected chi connectivity index (χ0v) is 14.6. The molecule has 0 aromatic heterocycles. The lowest BCUT2D eigenvalue weighted by atomic mass is 9.85. The molecule has 23 heavy (non-hydrogen) atoms. The van der Waals surface area contributed by atoms with E-state index >= 15 is 0 Å². The molecule has 2 aromatic carbocycles. The number of rotatable bonds is 4. The molecule has 6 heteroatoms. The summed E-state index contributed by atoms with van der Waals surface area (Å²) >= 11 is 0. The van der Waals surface area contributed by atoms with Gasteiger partial charge >= 0.3 is 0 Å². The SMILES string of the molecule is Cl.NCC1CCCCC1NS(=O)(=O)c1ccc2ccccc2c1. The van der Waals surface area contributed by atoms with Crippen molar-refractivity contribution >= 4 is 33.2 Å². The van der Waals surface area contributed by atoms with Crippen LogP contribution in [0, 0.1) is 5.92 Å². The van der Waals surface area contributed by atoms with Crippen LogP contribution in [-0.4, -0.2) is 21.0 Å². The number of halogens is 1. The highest BCUT2D eigenvalue weighted by Gasteiger charge is 2.28. The van der Waals surface area contributed by atoms with Crippen molar-refractivity contribution in [2.24, 2.45) is 11.7 Å². The van der Waals surface area contributed by atoms with Crippen LogP contribution in [0.1, 0.15) is 25.7 Å². The lowest BCUT2D eigenvalue weighted by Crippen LogP contribution is -2.44. The predicted molar refractivity (Wildman–Crippen MR) is 96.3 cm³/mol. The third-order valence-electron chi connectivity index (χ3n) is 4.55. The van der Waals surface area contributed by atoms with Gasteiger partial charge in [0.1, 0.15) is 0 Å². The van der Waals surface area contributed by atoms with Crippen molar-refractivity contribution < 1.29 is 8.42 Å². The Hall–Kier alpha value is -1.14. The number of fused-ring (bicyclic) bond motifs is 1. The lowest BCUT2D eigenvalue weighted by molar-refractivity contribution is 0.296. The Labute approximate surface area is 143 Å². The molecule has 126 valence electrons. The van der Waals surface area contributed by atoms with Crippen LogP contribution in [0.15, 0.2) is 47.4 Å². The summed E-state index contributed by atoms with van der Waals surface area (Å²) < 4.78 is 28.2. The van der Waals surface area contributed by atoms with Gasteiger partial charge in [0, 0.05) is 6.04 Å². The van der Waals surface area contributed by atoms with Crippen molar-refractivity contribution in [2.75, 3.05) is 6.54 Å². The topological polar surface area (TPSA) is 72.2 Å². The van der Waals surface area contributed by atoms with Crippen LogP contribution in [0.25, 0.3) is 10.8 Å². The minimum Gasteiger partial charge on any atom is -0.330 e. The monoisotopic (exact) mass is 354 g/mol. The first-order valence-corrected chi connectivity index (χ1v) is 9.30. The van der Waals surface area contributed by atoms with Gasteiger partial charge in [-0.3, -0.25) is 0 Å². The summed E-state index contributed by atoms with van der Waals surface area (Å²) in [6.07, 6.45) is 4.06.